The Labute approximate surface area is 214 Å². The lowest BCUT2D eigenvalue weighted by Gasteiger charge is -2.22. The first kappa shape index (κ1) is 26.3. The molecule has 0 atom stereocenters. The third-order valence-corrected chi connectivity index (χ3v) is 7.08. The highest BCUT2D eigenvalue weighted by molar-refractivity contribution is 7.09. The van der Waals surface area contributed by atoms with E-state index in [1.54, 1.807) is 11.4 Å². The number of nitrogens with one attached hydrogen (secondary N) is 1. The molecule has 1 N–H and O–H groups in total. The highest BCUT2D eigenvalue weighted by atomic mass is 32.1. The Hall–Kier alpha value is -2.75. The molecule has 0 spiro atoms. The molecule has 1 aliphatic rings. The maximum atomic E-state index is 13.2. The first-order valence-electron chi connectivity index (χ1n) is 12.2. The van der Waals surface area contributed by atoms with Gasteiger partial charge in [0.1, 0.15) is 10.7 Å². The van der Waals surface area contributed by atoms with Crippen molar-refractivity contribution in [3.8, 4) is 0 Å². The van der Waals surface area contributed by atoms with Gasteiger partial charge in [0.2, 0.25) is 0 Å². The molecule has 0 bridgehead atoms. The fourth-order valence-corrected chi connectivity index (χ4v) is 5.14. The number of aryl methyl sites for hydroxylation is 1. The van der Waals surface area contributed by atoms with Crippen LogP contribution in [0.25, 0.3) is 0 Å². The van der Waals surface area contributed by atoms with Crippen molar-refractivity contribution in [2.75, 3.05) is 26.2 Å². The second kappa shape index (κ2) is 12.0. The molecule has 5 nitrogen and oxygen atoms in total. The molecule has 1 aromatic heterocycles. The van der Waals surface area contributed by atoms with E-state index in [9.17, 15) is 18.0 Å². The molecule has 2 aromatic carbocycles. The van der Waals surface area contributed by atoms with E-state index in [-0.39, 0.29) is 5.91 Å². The molecule has 2 heterocycles. The van der Waals surface area contributed by atoms with Crippen LogP contribution in [-0.4, -0.2) is 46.9 Å². The van der Waals surface area contributed by atoms with Gasteiger partial charge in [0.05, 0.1) is 12.1 Å². The molecule has 0 saturated carbocycles. The number of hydrogen-bond donors (Lipinski definition) is 1. The normalized spacial score (nSPS) is 14.5. The molecular weight excluding hydrogens is 485 g/mol. The quantitative estimate of drug-likeness (QED) is 0.387. The summed E-state index contributed by atoms with van der Waals surface area (Å²) < 4.78 is 39.7. The Kier molecular flexibility index (Phi) is 8.77. The SMILES string of the molecule is Cc1ccc(CN(Cc2cccc(C(F)(F)F)c2)Cc2nc(C(=O)NCCN3CCCC3)cs2)cc1. The summed E-state index contributed by atoms with van der Waals surface area (Å²) in [6, 6.07) is 13.5. The van der Waals surface area contributed by atoms with E-state index < -0.39 is 11.7 Å². The largest absolute Gasteiger partial charge is 0.416 e. The van der Waals surface area contributed by atoms with Crippen LogP contribution < -0.4 is 5.32 Å². The van der Waals surface area contributed by atoms with Crippen LogP contribution >= 0.6 is 11.3 Å². The van der Waals surface area contributed by atoms with Gasteiger partial charge in [-0.25, -0.2) is 4.98 Å². The second-order valence-electron chi connectivity index (χ2n) is 9.26. The number of likely N-dealkylation sites (tertiary alicyclic amines) is 1. The molecule has 3 aromatic rings. The third-order valence-electron chi connectivity index (χ3n) is 6.24. The van der Waals surface area contributed by atoms with E-state index in [0.717, 1.165) is 41.8 Å². The number of hydrogen-bond acceptors (Lipinski definition) is 5. The Morgan fingerprint density at radius 1 is 1.06 bits per heavy atom. The van der Waals surface area contributed by atoms with Crippen molar-refractivity contribution in [1.29, 1.82) is 0 Å². The molecular formula is C27H31F3N4OS. The van der Waals surface area contributed by atoms with Gasteiger partial charge < -0.3 is 10.2 Å². The number of thiazole rings is 1. The number of nitrogens with zero attached hydrogens (tertiary/aromatic N) is 3. The summed E-state index contributed by atoms with van der Waals surface area (Å²) in [5.41, 5.74) is 2.50. The maximum absolute atomic E-state index is 13.2. The molecule has 0 unspecified atom stereocenters. The Balaban J connectivity index is 1.43. The van der Waals surface area contributed by atoms with Crippen LogP contribution in [0.15, 0.2) is 53.9 Å². The fraction of sp³-hybridized carbons (Fsp3) is 0.407. The number of carbonyl (C=O) groups excluding carboxylic acids is 1. The summed E-state index contributed by atoms with van der Waals surface area (Å²) in [6.45, 7) is 6.90. The average Bonchev–Trinajstić information content (AvgIpc) is 3.53. The molecule has 0 radical (unpaired) electrons. The van der Waals surface area contributed by atoms with Gasteiger partial charge in [-0.05, 0) is 50.0 Å². The van der Waals surface area contributed by atoms with Crippen LogP contribution in [0.1, 0.15) is 50.6 Å². The summed E-state index contributed by atoms with van der Waals surface area (Å²) >= 11 is 1.39. The molecule has 1 saturated heterocycles. The molecule has 0 aliphatic carbocycles. The number of halogens is 3. The van der Waals surface area contributed by atoms with Crippen molar-refractivity contribution in [3.63, 3.8) is 0 Å². The molecule has 4 rings (SSSR count). The van der Waals surface area contributed by atoms with E-state index >= 15 is 0 Å². The van der Waals surface area contributed by atoms with Gasteiger partial charge in [-0.15, -0.1) is 11.3 Å². The van der Waals surface area contributed by atoms with Crippen molar-refractivity contribution < 1.29 is 18.0 Å². The predicted octanol–water partition coefficient (Wildman–Crippen LogP) is 5.50. The summed E-state index contributed by atoms with van der Waals surface area (Å²) in [7, 11) is 0. The van der Waals surface area contributed by atoms with Gasteiger partial charge in [0, 0.05) is 31.6 Å². The van der Waals surface area contributed by atoms with E-state index in [1.165, 1.54) is 36.3 Å². The zero-order valence-corrected chi connectivity index (χ0v) is 21.2. The number of rotatable bonds is 10. The molecule has 1 fully saturated rings. The van der Waals surface area contributed by atoms with Crippen LogP contribution in [0, 0.1) is 6.92 Å². The van der Waals surface area contributed by atoms with Crippen LogP contribution in [0.2, 0.25) is 0 Å². The number of alkyl halides is 3. The van der Waals surface area contributed by atoms with Crippen molar-refractivity contribution in [3.05, 3.63) is 86.9 Å². The van der Waals surface area contributed by atoms with Gasteiger partial charge in [0.15, 0.2) is 0 Å². The number of aromatic nitrogens is 1. The monoisotopic (exact) mass is 516 g/mol. The van der Waals surface area contributed by atoms with Crippen molar-refractivity contribution >= 4 is 17.2 Å². The molecule has 1 amide bonds. The minimum atomic E-state index is -4.38. The predicted molar refractivity (Wildman–Crippen MR) is 136 cm³/mol. The smallest absolute Gasteiger partial charge is 0.349 e. The highest BCUT2D eigenvalue weighted by Crippen LogP contribution is 2.30. The average molecular weight is 517 g/mol. The zero-order chi connectivity index (χ0) is 25.5. The number of carbonyl (C=O) groups is 1. The zero-order valence-electron chi connectivity index (χ0n) is 20.4. The summed E-state index contributed by atoms with van der Waals surface area (Å²) in [5, 5.41) is 5.43. The first-order valence-corrected chi connectivity index (χ1v) is 13.0. The topological polar surface area (TPSA) is 48.5 Å². The van der Waals surface area contributed by atoms with Gasteiger partial charge in [0.25, 0.3) is 5.91 Å². The lowest BCUT2D eigenvalue weighted by atomic mass is 10.1. The van der Waals surface area contributed by atoms with Crippen LogP contribution in [0.3, 0.4) is 0 Å². The Morgan fingerprint density at radius 2 is 1.78 bits per heavy atom. The number of amides is 1. The number of benzene rings is 2. The maximum Gasteiger partial charge on any atom is 0.416 e. The molecule has 9 heteroatoms. The van der Waals surface area contributed by atoms with E-state index in [2.05, 4.69) is 15.2 Å². The Bertz CT molecular complexity index is 1140. The fourth-order valence-electron chi connectivity index (χ4n) is 4.33. The van der Waals surface area contributed by atoms with E-state index in [1.807, 2.05) is 36.1 Å². The lowest BCUT2D eigenvalue weighted by molar-refractivity contribution is -0.137. The minimum Gasteiger partial charge on any atom is -0.349 e. The standard InChI is InChI=1S/C27H31F3N4OS/c1-20-7-9-21(10-8-20)16-34(17-22-5-4-6-23(15-22)27(28,29)30)18-25-32-24(19-36-25)26(35)31-11-14-33-12-2-3-13-33/h4-10,15,19H,2-3,11-14,16-18H2,1H3,(H,31,35). The van der Waals surface area contributed by atoms with Gasteiger partial charge in [-0.2, -0.15) is 13.2 Å². The van der Waals surface area contributed by atoms with Crippen LogP contribution in [-0.2, 0) is 25.8 Å². The van der Waals surface area contributed by atoms with E-state index in [0.29, 0.717) is 37.4 Å². The summed E-state index contributed by atoms with van der Waals surface area (Å²) in [6.07, 6.45) is -1.96. The lowest BCUT2D eigenvalue weighted by Crippen LogP contribution is -2.33. The minimum absolute atomic E-state index is 0.195. The van der Waals surface area contributed by atoms with Crippen LogP contribution in [0.4, 0.5) is 13.2 Å². The summed E-state index contributed by atoms with van der Waals surface area (Å²) in [5.74, 6) is -0.195. The van der Waals surface area contributed by atoms with Crippen molar-refractivity contribution in [2.45, 2.75) is 45.6 Å². The summed E-state index contributed by atoms with van der Waals surface area (Å²) in [4.78, 5) is 21.5. The van der Waals surface area contributed by atoms with Gasteiger partial charge in [-0.1, -0.05) is 48.0 Å². The highest BCUT2D eigenvalue weighted by Gasteiger charge is 2.30. The second-order valence-corrected chi connectivity index (χ2v) is 10.2. The van der Waals surface area contributed by atoms with Crippen LogP contribution in [0.5, 0.6) is 0 Å². The van der Waals surface area contributed by atoms with Crippen molar-refractivity contribution in [1.82, 2.24) is 20.1 Å². The van der Waals surface area contributed by atoms with E-state index in [4.69, 9.17) is 0 Å². The van der Waals surface area contributed by atoms with Gasteiger partial charge in [-0.3, -0.25) is 9.69 Å². The third kappa shape index (κ3) is 7.62. The molecule has 192 valence electrons. The molecule has 1 aliphatic heterocycles. The Morgan fingerprint density at radius 3 is 2.50 bits per heavy atom. The first-order chi connectivity index (χ1) is 17.3. The van der Waals surface area contributed by atoms with Crippen molar-refractivity contribution in [2.24, 2.45) is 0 Å². The van der Waals surface area contributed by atoms with Gasteiger partial charge >= 0.3 is 6.18 Å². The molecule has 36 heavy (non-hydrogen) atoms.